The topological polar surface area (TPSA) is 23.5 Å². The third-order valence-electron chi connectivity index (χ3n) is 2.33. The maximum absolute atomic E-state index is 9.64. The number of rotatable bonds is 2. The molecule has 12 heavy (non-hydrogen) atoms. The van der Waals surface area contributed by atoms with Crippen LogP contribution < -0.4 is 0 Å². The molecule has 0 bridgehead atoms. The van der Waals surface area contributed by atoms with E-state index in [2.05, 4.69) is 11.5 Å². The number of nitrogens with zero attached hydrogens (tertiary/aromatic N) is 1. The van der Waals surface area contributed by atoms with Crippen LogP contribution in [-0.2, 0) is 0 Å². The quantitative estimate of drug-likeness (QED) is 0.713. The van der Waals surface area contributed by atoms with Crippen LogP contribution in [0.25, 0.3) is 0 Å². The summed E-state index contributed by atoms with van der Waals surface area (Å²) in [5.74, 6) is 0. The molecular weight excluding hydrogens is 174 g/mol. The van der Waals surface area contributed by atoms with Crippen LogP contribution in [0.15, 0.2) is 11.6 Å². The fraction of sp³-hybridized carbons (Fsp3) is 0.778. The molecule has 0 saturated carbocycles. The predicted molar refractivity (Wildman–Crippen MR) is 51.3 cm³/mol. The number of piperidine rings is 1. The van der Waals surface area contributed by atoms with Crippen molar-refractivity contribution >= 4 is 11.6 Å². The minimum atomic E-state index is -0.468. The van der Waals surface area contributed by atoms with Gasteiger partial charge in [-0.05, 0) is 19.8 Å². The van der Waals surface area contributed by atoms with E-state index < -0.39 is 5.60 Å². The van der Waals surface area contributed by atoms with E-state index in [1.807, 2.05) is 6.92 Å². The van der Waals surface area contributed by atoms with Gasteiger partial charge in [0.05, 0.1) is 5.60 Å². The molecule has 0 aromatic heterocycles. The zero-order valence-electron chi connectivity index (χ0n) is 7.52. The highest BCUT2D eigenvalue weighted by molar-refractivity contribution is 6.29. The van der Waals surface area contributed by atoms with E-state index in [-0.39, 0.29) is 0 Å². The van der Waals surface area contributed by atoms with Gasteiger partial charge in [-0.25, -0.2) is 0 Å². The lowest BCUT2D eigenvalue weighted by molar-refractivity contribution is -0.00265. The number of halogens is 1. The Labute approximate surface area is 78.8 Å². The second-order valence-electron chi connectivity index (χ2n) is 3.79. The van der Waals surface area contributed by atoms with Gasteiger partial charge >= 0.3 is 0 Å². The minimum absolute atomic E-state index is 0.468. The second kappa shape index (κ2) is 3.77. The Morgan fingerprint density at radius 2 is 2.08 bits per heavy atom. The number of hydrogen-bond donors (Lipinski definition) is 1. The van der Waals surface area contributed by atoms with E-state index in [1.165, 1.54) is 0 Å². The fourth-order valence-electron chi connectivity index (χ4n) is 1.44. The molecule has 1 rings (SSSR count). The average Bonchev–Trinajstić information content (AvgIpc) is 1.93. The van der Waals surface area contributed by atoms with Crippen molar-refractivity contribution in [2.45, 2.75) is 25.4 Å². The first-order valence-corrected chi connectivity index (χ1v) is 4.65. The molecule has 2 nitrogen and oxygen atoms in total. The Hall–Kier alpha value is -0.0500. The van der Waals surface area contributed by atoms with Crippen LogP contribution in [0.1, 0.15) is 19.8 Å². The van der Waals surface area contributed by atoms with Crippen molar-refractivity contribution in [2.75, 3.05) is 19.6 Å². The smallest absolute Gasteiger partial charge is 0.0644 e. The third kappa shape index (κ3) is 3.13. The maximum Gasteiger partial charge on any atom is 0.0644 e. The molecule has 0 spiro atoms. The van der Waals surface area contributed by atoms with Gasteiger partial charge in [0.1, 0.15) is 0 Å². The van der Waals surface area contributed by atoms with E-state index in [9.17, 15) is 5.11 Å². The molecule has 3 heteroatoms. The molecule has 1 aliphatic heterocycles. The zero-order valence-corrected chi connectivity index (χ0v) is 8.27. The molecule has 1 heterocycles. The lowest BCUT2D eigenvalue weighted by Crippen LogP contribution is -2.42. The molecule has 0 radical (unpaired) electrons. The normalized spacial score (nSPS) is 23.9. The first-order chi connectivity index (χ1) is 5.49. The van der Waals surface area contributed by atoms with E-state index in [4.69, 9.17) is 11.6 Å². The van der Waals surface area contributed by atoms with Gasteiger partial charge in [0.2, 0.25) is 0 Å². The van der Waals surface area contributed by atoms with Crippen LogP contribution >= 0.6 is 11.6 Å². The SMILES string of the molecule is C=C(Cl)CN1CCC(C)(O)CC1. The molecule has 0 aromatic rings. The molecule has 0 aliphatic carbocycles. The van der Waals surface area contributed by atoms with Crippen LogP contribution in [0.3, 0.4) is 0 Å². The number of aliphatic hydroxyl groups is 1. The van der Waals surface area contributed by atoms with E-state index in [1.54, 1.807) is 0 Å². The van der Waals surface area contributed by atoms with Crippen molar-refractivity contribution in [3.8, 4) is 0 Å². The first-order valence-electron chi connectivity index (χ1n) is 4.28. The lowest BCUT2D eigenvalue weighted by Gasteiger charge is -2.35. The maximum atomic E-state index is 9.64. The summed E-state index contributed by atoms with van der Waals surface area (Å²) in [7, 11) is 0. The second-order valence-corrected chi connectivity index (χ2v) is 4.32. The standard InChI is InChI=1S/C9H16ClNO/c1-8(10)7-11-5-3-9(2,12)4-6-11/h12H,1,3-7H2,2H3. The number of hydrogen-bond acceptors (Lipinski definition) is 2. The summed E-state index contributed by atoms with van der Waals surface area (Å²) < 4.78 is 0. The fourth-order valence-corrected chi connectivity index (χ4v) is 1.60. The largest absolute Gasteiger partial charge is 0.390 e. The summed E-state index contributed by atoms with van der Waals surface area (Å²) in [6.45, 7) is 8.11. The zero-order chi connectivity index (χ0) is 9.19. The molecule has 70 valence electrons. The monoisotopic (exact) mass is 189 g/mol. The van der Waals surface area contributed by atoms with Crippen molar-refractivity contribution in [3.05, 3.63) is 11.6 Å². The molecule has 1 N–H and O–H groups in total. The Morgan fingerprint density at radius 3 is 2.50 bits per heavy atom. The molecule has 1 saturated heterocycles. The highest BCUT2D eigenvalue weighted by Crippen LogP contribution is 2.21. The molecule has 0 unspecified atom stereocenters. The summed E-state index contributed by atoms with van der Waals surface area (Å²) in [4.78, 5) is 2.22. The summed E-state index contributed by atoms with van der Waals surface area (Å²) in [6.07, 6.45) is 1.66. The summed E-state index contributed by atoms with van der Waals surface area (Å²) in [5.41, 5.74) is -0.468. The average molecular weight is 190 g/mol. The predicted octanol–water partition coefficient (Wildman–Crippen LogP) is 1.59. The summed E-state index contributed by atoms with van der Waals surface area (Å²) in [6, 6.07) is 0. The Morgan fingerprint density at radius 1 is 1.58 bits per heavy atom. The molecule has 0 atom stereocenters. The number of likely N-dealkylation sites (tertiary alicyclic amines) is 1. The van der Waals surface area contributed by atoms with Crippen LogP contribution in [0.2, 0.25) is 0 Å². The van der Waals surface area contributed by atoms with Gasteiger partial charge in [-0.3, -0.25) is 4.90 Å². The minimum Gasteiger partial charge on any atom is -0.390 e. The van der Waals surface area contributed by atoms with Crippen LogP contribution in [0, 0.1) is 0 Å². The first kappa shape index (κ1) is 10.0. The van der Waals surface area contributed by atoms with E-state index in [0.717, 1.165) is 32.5 Å². The molecule has 0 amide bonds. The summed E-state index contributed by atoms with van der Waals surface area (Å²) in [5, 5.41) is 10.3. The van der Waals surface area contributed by atoms with Crippen LogP contribution in [0.5, 0.6) is 0 Å². The van der Waals surface area contributed by atoms with Crippen LogP contribution in [-0.4, -0.2) is 35.2 Å². The van der Waals surface area contributed by atoms with Gasteiger partial charge in [0.25, 0.3) is 0 Å². The molecule has 0 aromatic carbocycles. The van der Waals surface area contributed by atoms with Gasteiger partial charge in [-0.15, -0.1) is 0 Å². The van der Waals surface area contributed by atoms with Gasteiger partial charge in [-0.2, -0.15) is 0 Å². The molecular formula is C9H16ClNO. The van der Waals surface area contributed by atoms with Crippen molar-refractivity contribution in [1.29, 1.82) is 0 Å². The van der Waals surface area contributed by atoms with Gasteiger partial charge in [0.15, 0.2) is 0 Å². The van der Waals surface area contributed by atoms with Gasteiger partial charge < -0.3 is 5.11 Å². The highest BCUT2D eigenvalue weighted by atomic mass is 35.5. The molecule has 1 fully saturated rings. The Bertz CT molecular complexity index is 169. The van der Waals surface area contributed by atoms with Crippen molar-refractivity contribution < 1.29 is 5.11 Å². The highest BCUT2D eigenvalue weighted by Gasteiger charge is 2.26. The Balaban J connectivity index is 2.31. The summed E-state index contributed by atoms with van der Waals surface area (Å²) >= 11 is 5.68. The Kier molecular flexibility index (Phi) is 3.16. The van der Waals surface area contributed by atoms with Crippen molar-refractivity contribution in [1.82, 2.24) is 4.90 Å². The van der Waals surface area contributed by atoms with E-state index >= 15 is 0 Å². The van der Waals surface area contributed by atoms with Gasteiger partial charge in [0, 0.05) is 24.7 Å². The van der Waals surface area contributed by atoms with Crippen molar-refractivity contribution in [3.63, 3.8) is 0 Å². The van der Waals surface area contributed by atoms with E-state index in [0.29, 0.717) is 5.03 Å². The van der Waals surface area contributed by atoms with Gasteiger partial charge in [-0.1, -0.05) is 18.2 Å². The van der Waals surface area contributed by atoms with Crippen molar-refractivity contribution in [2.24, 2.45) is 0 Å². The lowest BCUT2D eigenvalue weighted by atomic mass is 9.94. The molecule has 1 aliphatic rings. The van der Waals surface area contributed by atoms with Crippen LogP contribution in [0.4, 0.5) is 0 Å². The third-order valence-corrected chi connectivity index (χ3v) is 2.45.